The molecule has 2 rings (SSSR count). The first-order valence-corrected chi connectivity index (χ1v) is 6.40. The third-order valence-electron chi connectivity index (χ3n) is 2.75. The van der Waals surface area contributed by atoms with Crippen LogP contribution >= 0.6 is 0 Å². The van der Waals surface area contributed by atoms with Crippen LogP contribution in [0.4, 0.5) is 5.69 Å². The van der Waals surface area contributed by atoms with Crippen LogP contribution in [-0.4, -0.2) is 11.9 Å². The Morgan fingerprint density at radius 3 is 2.65 bits per heavy atom. The van der Waals surface area contributed by atoms with Crippen molar-refractivity contribution in [1.82, 2.24) is 0 Å². The van der Waals surface area contributed by atoms with E-state index in [1.54, 1.807) is 24.5 Å². The smallest absolute Gasteiger partial charge is 0.221 e. The van der Waals surface area contributed by atoms with Crippen molar-refractivity contribution in [2.75, 3.05) is 5.32 Å². The molecule has 0 bridgehead atoms. The van der Waals surface area contributed by atoms with Gasteiger partial charge >= 0.3 is 0 Å². The maximum atomic E-state index is 11.2. The lowest BCUT2D eigenvalue weighted by atomic mass is 10.1. The second-order valence-corrected chi connectivity index (χ2v) is 4.59. The van der Waals surface area contributed by atoms with Crippen LogP contribution in [-0.2, 0) is 4.79 Å². The fraction of sp³-hybridized carbons (Fsp3) is 0.267. The molecule has 3 N–H and O–H groups in total. The van der Waals surface area contributed by atoms with Crippen LogP contribution in [0.25, 0.3) is 0 Å². The number of nitrogens with two attached hydrogens (primary N) is 1. The average molecular weight is 274 g/mol. The minimum absolute atomic E-state index is 0.156. The van der Waals surface area contributed by atoms with E-state index < -0.39 is 6.10 Å². The Labute approximate surface area is 117 Å². The zero-order valence-electron chi connectivity index (χ0n) is 11.5. The van der Waals surface area contributed by atoms with E-state index in [9.17, 15) is 4.79 Å². The highest BCUT2D eigenvalue weighted by atomic mass is 16.5. The molecule has 2 unspecified atom stereocenters. The fourth-order valence-electron chi connectivity index (χ4n) is 1.88. The largest absolute Gasteiger partial charge is 0.479 e. The van der Waals surface area contributed by atoms with Crippen molar-refractivity contribution in [3.63, 3.8) is 0 Å². The number of para-hydroxylation sites is 2. The molecule has 2 aromatic rings. The molecule has 0 aliphatic carbocycles. The minimum atomic E-state index is -0.417. The average Bonchev–Trinajstić information content (AvgIpc) is 2.90. The molecule has 0 aliphatic heterocycles. The van der Waals surface area contributed by atoms with Gasteiger partial charge in [0.15, 0.2) is 6.10 Å². The molecule has 5 heteroatoms. The van der Waals surface area contributed by atoms with Gasteiger partial charge in [-0.1, -0.05) is 12.1 Å². The Hall–Kier alpha value is -2.27. The Kier molecular flexibility index (Phi) is 4.42. The van der Waals surface area contributed by atoms with Crippen molar-refractivity contribution in [2.24, 2.45) is 5.73 Å². The summed E-state index contributed by atoms with van der Waals surface area (Å²) in [5, 5.41) is 2.73. The third-order valence-corrected chi connectivity index (χ3v) is 2.75. The van der Waals surface area contributed by atoms with Gasteiger partial charge in [0.25, 0.3) is 0 Å². The summed E-state index contributed by atoms with van der Waals surface area (Å²) in [5.74, 6) is 1.05. The summed E-state index contributed by atoms with van der Waals surface area (Å²) in [6, 6.07) is 10.6. The normalized spacial score (nSPS) is 13.6. The summed E-state index contributed by atoms with van der Waals surface area (Å²) in [7, 11) is 0. The highest BCUT2D eigenvalue weighted by Crippen LogP contribution is 2.30. The topological polar surface area (TPSA) is 77.5 Å². The molecule has 0 aliphatic rings. The number of amides is 1. The lowest BCUT2D eigenvalue weighted by molar-refractivity contribution is -0.114. The Morgan fingerprint density at radius 1 is 1.30 bits per heavy atom. The van der Waals surface area contributed by atoms with Crippen molar-refractivity contribution in [3.8, 4) is 5.75 Å². The van der Waals surface area contributed by atoms with Crippen LogP contribution in [0.15, 0.2) is 47.1 Å². The molecule has 1 heterocycles. The van der Waals surface area contributed by atoms with Crippen molar-refractivity contribution in [2.45, 2.75) is 26.0 Å². The summed E-state index contributed by atoms with van der Waals surface area (Å²) in [6.07, 6.45) is 1.16. The second-order valence-electron chi connectivity index (χ2n) is 4.59. The second kappa shape index (κ2) is 6.25. The third kappa shape index (κ3) is 3.39. The minimum Gasteiger partial charge on any atom is -0.479 e. The summed E-state index contributed by atoms with van der Waals surface area (Å²) in [4.78, 5) is 11.2. The molecule has 20 heavy (non-hydrogen) atoms. The van der Waals surface area contributed by atoms with Crippen LogP contribution in [0.1, 0.15) is 25.7 Å². The number of nitrogens with one attached hydrogen (secondary N) is 1. The molecule has 0 fully saturated rings. The van der Waals surface area contributed by atoms with E-state index in [1.807, 2.05) is 25.1 Å². The molecule has 0 saturated carbocycles. The van der Waals surface area contributed by atoms with E-state index in [4.69, 9.17) is 14.9 Å². The van der Waals surface area contributed by atoms with Gasteiger partial charge in [0.2, 0.25) is 5.91 Å². The lowest BCUT2D eigenvalue weighted by Crippen LogP contribution is -2.29. The molecule has 1 aromatic carbocycles. The summed E-state index contributed by atoms with van der Waals surface area (Å²) < 4.78 is 11.3. The van der Waals surface area contributed by atoms with Crippen LogP contribution < -0.4 is 15.8 Å². The van der Waals surface area contributed by atoms with E-state index in [-0.39, 0.29) is 11.9 Å². The number of anilines is 1. The first-order chi connectivity index (χ1) is 9.58. The SMILES string of the molecule is CC(=O)Nc1ccccc1OC(c1ccco1)C(C)N. The number of ether oxygens (including phenoxy) is 1. The number of carbonyl (C=O) groups is 1. The standard InChI is InChI=1S/C15H18N2O3/c1-10(16)15(14-8-5-9-19-14)20-13-7-4-3-6-12(13)17-11(2)18/h3-10,15H,16H2,1-2H3,(H,17,18). The number of benzene rings is 1. The van der Waals surface area contributed by atoms with Crippen LogP contribution in [0.5, 0.6) is 5.75 Å². The predicted molar refractivity (Wildman–Crippen MR) is 76.5 cm³/mol. The molecule has 0 radical (unpaired) electrons. The van der Waals surface area contributed by atoms with Gasteiger partial charge in [0.05, 0.1) is 12.0 Å². The number of rotatable bonds is 5. The van der Waals surface area contributed by atoms with Gasteiger partial charge in [-0.05, 0) is 31.2 Å². The van der Waals surface area contributed by atoms with Gasteiger partial charge in [-0.15, -0.1) is 0 Å². The Balaban J connectivity index is 2.25. The van der Waals surface area contributed by atoms with Crippen molar-refractivity contribution < 1.29 is 13.9 Å². The maximum absolute atomic E-state index is 11.2. The summed E-state index contributed by atoms with van der Waals surface area (Å²) in [6.45, 7) is 3.29. The van der Waals surface area contributed by atoms with Gasteiger partial charge in [-0.2, -0.15) is 0 Å². The number of hydrogen-bond donors (Lipinski definition) is 2. The first-order valence-electron chi connectivity index (χ1n) is 6.40. The zero-order valence-corrected chi connectivity index (χ0v) is 11.5. The summed E-state index contributed by atoms with van der Waals surface area (Å²) >= 11 is 0. The van der Waals surface area contributed by atoms with Gasteiger partial charge in [0.1, 0.15) is 11.5 Å². The van der Waals surface area contributed by atoms with Crippen LogP contribution in [0.3, 0.4) is 0 Å². The Morgan fingerprint density at radius 2 is 2.05 bits per heavy atom. The van der Waals surface area contributed by atoms with Crippen molar-refractivity contribution in [3.05, 3.63) is 48.4 Å². The maximum Gasteiger partial charge on any atom is 0.221 e. The van der Waals surface area contributed by atoms with Crippen LogP contribution in [0, 0.1) is 0 Å². The Bertz CT molecular complexity index is 564. The number of carbonyl (C=O) groups excluding carboxylic acids is 1. The quantitative estimate of drug-likeness (QED) is 0.878. The van der Waals surface area contributed by atoms with Crippen molar-refractivity contribution >= 4 is 11.6 Å². The molecular formula is C15H18N2O3. The molecular weight excluding hydrogens is 256 g/mol. The first kappa shape index (κ1) is 14.1. The van der Waals surface area contributed by atoms with E-state index in [0.717, 1.165) is 0 Å². The number of hydrogen-bond acceptors (Lipinski definition) is 4. The van der Waals surface area contributed by atoms with E-state index in [0.29, 0.717) is 17.2 Å². The fourth-order valence-corrected chi connectivity index (χ4v) is 1.88. The monoisotopic (exact) mass is 274 g/mol. The molecule has 106 valence electrons. The molecule has 1 amide bonds. The van der Waals surface area contributed by atoms with E-state index in [2.05, 4.69) is 5.32 Å². The molecule has 0 spiro atoms. The zero-order chi connectivity index (χ0) is 14.5. The highest BCUT2D eigenvalue weighted by Gasteiger charge is 2.22. The predicted octanol–water partition coefficient (Wildman–Crippen LogP) is 2.71. The molecule has 5 nitrogen and oxygen atoms in total. The summed E-state index contributed by atoms with van der Waals surface area (Å²) in [5.41, 5.74) is 6.56. The van der Waals surface area contributed by atoms with E-state index in [1.165, 1.54) is 6.92 Å². The molecule has 2 atom stereocenters. The molecule has 1 aromatic heterocycles. The van der Waals surface area contributed by atoms with Gasteiger partial charge in [0, 0.05) is 13.0 Å². The lowest BCUT2D eigenvalue weighted by Gasteiger charge is -2.22. The van der Waals surface area contributed by atoms with Gasteiger partial charge < -0.3 is 20.2 Å². The highest BCUT2D eigenvalue weighted by molar-refractivity contribution is 5.90. The van der Waals surface area contributed by atoms with E-state index >= 15 is 0 Å². The van der Waals surface area contributed by atoms with Gasteiger partial charge in [-0.3, -0.25) is 4.79 Å². The molecule has 0 saturated heterocycles. The number of furan rings is 1. The van der Waals surface area contributed by atoms with Crippen LogP contribution in [0.2, 0.25) is 0 Å². The van der Waals surface area contributed by atoms with Gasteiger partial charge in [-0.25, -0.2) is 0 Å². The van der Waals surface area contributed by atoms with Crippen molar-refractivity contribution in [1.29, 1.82) is 0 Å².